The summed E-state index contributed by atoms with van der Waals surface area (Å²) >= 11 is 0. The lowest BCUT2D eigenvalue weighted by atomic mass is 9.90. The second-order valence-electron chi connectivity index (χ2n) is 5.48. The molecule has 1 aliphatic carbocycles. The third kappa shape index (κ3) is 3.32. The number of aryl methyl sites for hydroxylation is 1. The van der Waals surface area contributed by atoms with Gasteiger partial charge in [0, 0.05) is 6.04 Å². The molecule has 0 heterocycles. The molecule has 0 spiro atoms. The molecule has 0 aromatic heterocycles. The van der Waals surface area contributed by atoms with E-state index in [1.165, 1.54) is 31.2 Å². The molecule has 1 nitrogen and oxygen atoms in total. The first-order valence-corrected chi connectivity index (χ1v) is 7.19. The zero-order valence-corrected chi connectivity index (χ0v) is 11.5. The van der Waals surface area contributed by atoms with Crippen molar-refractivity contribution in [1.29, 1.82) is 0 Å². The maximum absolute atomic E-state index is 13.1. The monoisotopic (exact) mass is 249 g/mol. The molecule has 2 rings (SSSR count). The molecule has 1 saturated carbocycles. The Morgan fingerprint density at radius 2 is 2.06 bits per heavy atom. The number of hydrogen-bond acceptors (Lipinski definition) is 1. The lowest BCUT2D eigenvalue weighted by molar-refractivity contribution is 0.362. The van der Waals surface area contributed by atoms with Crippen molar-refractivity contribution in [2.75, 3.05) is 6.54 Å². The van der Waals surface area contributed by atoms with E-state index in [0.29, 0.717) is 6.04 Å². The van der Waals surface area contributed by atoms with Crippen LogP contribution in [0, 0.1) is 18.7 Å². The van der Waals surface area contributed by atoms with Gasteiger partial charge in [-0.2, -0.15) is 0 Å². The molecular formula is C16H24FN. The van der Waals surface area contributed by atoms with Gasteiger partial charge in [0.25, 0.3) is 0 Å². The van der Waals surface area contributed by atoms with Gasteiger partial charge < -0.3 is 5.32 Å². The molecule has 1 aromatic rings. The van der Waals surface area contributed by atoms with E-state index in [-0.39, 0.29) is 5.82 Å². The van der Waals surface area contributed by atoms with Crippen molar-refractivity contribution in [2.45, 2.75) is 52.0 Å². The van der Waals surface area contributed by atoms with Crippen molar-refractivity contribution in [3.63, 3.8) is 0 Å². The van der Waals surface area contributed by atoms with E-state index in [1.807, 2.05) is 13.0 Å². The summed E-state index contributed by atoms with van der Waals surface area (Å²) < 4.78 is 13.1. The predicted molar refractivity (Wildman–Crippen MR) is 74.3 cm³/mol. The van der Waals surface area contributed by atoms with Gasteiger partial charge in [-0.05, 0) is 61.9 Å². The van der Waals surface area contributed by atoms with Crippen LogP contribution in [0.15, 0.2) is 18.2 Å². The molecule has 0 amide bonds. The van der Waals surface area contributed by atoms with Crippen LogP contribution in [0.4, 0.5) is 4.39 Å². The number of hydrogen-bond donors (Lipinski definition) is 1. The molecule has 0 radical (unpaired) electrons. The first-order chi connectivity index (χ1) is 8.70. The number of nitrogens with one attached hydrogen (secondary N) is 1. The maximum atomic E-state index is 13.1. The Morgan fingerprint density at radius 1 is 1.33 bits per heavy atom. The summed E-state index contributed by atoms with van der Waals surface area (Å²) in [4.78, 5) is 0. The predicted octanol–water partition coefficient (Wildman–Crippen LogP) is 3.84. The summed E-state index contributed by atoms with van der Waals surface area (Å²) in [5, 5.41) is 3.62. The van der Waals surface area contributed by atoms with Gasteiger partial charge in [-0.1, -0.05) is 25.8 Å². The van der Waals surface area contributed by atoms with Gasteiger partial charge in [0.1, 0.15) is 5.82 Å². The number of rotatable bonds is 5. The van der Waals surface area contributed by atoms with Crippen LogP contribution < -0.4 is 5.32 Å². The van der Waals surface area contributed by atoms with Crippen LogP contribution in [0.1, 0.15) is 43.7 Å². The minimum Gasteiger partial charge on any atom is -0.314 e. The molecule has 0 saturated heterocycles. The van der Waals surface area contributed by atoms with Crippen LogP contribution in [-0.4, -0.2) is 12.6 Å². The van der Waals surface area contributed by atoms with E-state index in [4.69, 9.17) is 0 Å². The minimum absolute atomic E-state index is 0.128. The SMILES string of the molecule is CCNC(Cc1ccc(F)cc1C)C1CCCC1. The van der Waals surface area contributed by atoms with Gasteiger partial charge in [0.2, 0.25) is 0 Å². The Kier molecular flexibility index (Phi) is 4.76. The molecule has 0 aliphatic heterocycles. The molecule has 100 valence electrons. The summed E-state index contributed by atoms with van der Waals surface area (Å²) in [6.45, 7) is 5.19. The Labute approximate surface area is 110 Å². The smallest absolute Gasteiger partial charge is 0.123 e. The van der Waals surface area contributed by atoms with Crippen molar-refractivity contribution >= 4 is 0 Å². The summed E-state index contributed by atoms with van der Waals surface area (Å²) in [5.41, 5.74) is 2.37. The fraction of sp³-hybridized carbons (Fsp3) is 0.625. The number of likely N-dealkylation sites (N-methyl/N-ethyl adjacent to an activating group) is 1. The number of halogens is 1. The Bertz CT molecular complexity index is 383. The van der Waals surface area contributed by atoms with Crippen molar-refractivity contribution in [1.82, 2.24) is 5.32 Å². The highest BCUT2D eigenvalue weighted by Gasteiger charge is 2.24. The van der Waals surface area contributed by atoms with Crippen molar-refractivity contribution in [3.8, 4) is 0 Å². The van der Waals surface area contributed by atoms with Gasteiger partial charge in [-0.25, -0.2) is 4.39 Å². The highest BCUT2D eigenvalue weighted by molar-refractivity contribution is 5.27. The first kappa shape index (κ1) is 13.5. The summed E-state index contributed by atoms with van der Waals surface area (Å²) in [6.07, 6.45) is 6.46. The largest absolute Gasteiger partial charge is 0.314 e. The van der Waals surface area contributed by atoms with Crippen molar-refractivity contribution in [2.24, 2.45) is 5.92 Å². The summed E-state index contributed by atoms with van der Waals surface area (Å²) in [7, 11) is 0. The maximum Gasteiger partial charge on any atom is 0.123 e. The summed E-state index contributed by atoms with van der Waals surface area (Å²) in [5.74, 6) is 0.673. The standard InChI is InChI=1S/C16H24FN/c1-3-18-16(13-6-4-5-7-13)11-14-8-9-15(17)10-12(14)2/h8-10,13,16,18H,3-7,11H2,1-2H3. The van der Waals surface area contributed by atoms with Crippen LogP contribution >= 0.6 is 0 Å². The molecule has 0 bridgehead atoms. The fourth-order valence-electron chi connectivity index (χ4n) is 3.15. The van der Waals surface area contributed by atoms with Crippen LogP contribution in [-0.2, 0) is 6.42 Å². The van der Waals surface area contributed by atoms with Gasteiger partial charge in [-0.15, -0.1) is 0 Å². The second kappa shape index (κ2) is 6.33. The van der Waals surface area contributed by atoms with Crippen molar-refractivity contribution < 1.29 is 4.39 Å². The highest BCUT2D eigenvalue weighted by Crippen LogP contribution is 2.29. The Hall–Kier alpha value is -0.890. The van der Waals surface area contributed by atoms with E-state index >= 15 is 0 Å². The minimum atomic E-state index is -0.128. The molecule has 18 heavy (non-hydrogen) atoms. The highest BCUT2D eigenvalue weighted by atomic mass is 19.1. The molecular weight excluding hydrogens is 225 g/mol. The van der Waals surface area contributed by atoms with E-state index in [1.54, 1.807) is 12.1 Å². The van der Waals surface area contributed by atoms with Gasteiger partial charge in [0.05, 0.1) is 0 Å². The Morgan fingerprint density at radius 3 is 2.67 bits per heavy atom. The van der Waals surface area contributed by atoms with Crippen LogP contribution in [0.3, 0.4) is 0 Å². The molecule has 1 N–H and O–H groups in total. The molecule has 1 fully saturated rings. The van der Waals surface area contributed by atoms with E-state index in [9.17, 15) is 4.39 Å². The first-order valence-electron chi connectivity index (χ1n) is 7.19. The lowest BCUT2D eigenvalue weighted by Gasteiger charge is -2.25. The molecule has 1 unspecified atom stereocenters. The summed E-state index contributed by atoms with van der Waals surface area (Å²) in [6, 6.07) is 5.73. The van der Waals surface area contributed by atoms with E-state index < -0.39 is 0 Å². The number of benzene rings is 1. The topological polar surface area (TPSA) is 12.0 Å². The van der Waals surface area contributed by atoms with E-state index in [0.717, 1.165) is 24.4 Å². The molecule has 2 heteroatoms. The van der Waals surface area contributed by atoms with Crippen LogP contribution in [0.25, 0.3) is 0 Å². The van der Waals surface area contributed by atoms with Crippen LogP contribution in [0.5, 0.6) is 0 Å². The van der Waals surface area contributed by atoms with Gasteiger partial charge in [0.15, 0.2) is 0 Å². The normalized spacial score (nSPS) is 18.2. The van der Waals surface area contributed by atoms with Gasteiger partial charge >= 0.3 is 0 Å². The fourth-order valence-corrected chi connectivity index (χ4v) is 3.15. The zero-order chi connectivity index (χ0) is 13.0. The molecule has 1 aliphatic rings. The molecule has 1 aromatic carbocycles. The lowest BCUT2D eigenvalue weighted by Crippen LogP contribution is -2.37. The van der Waals surface area contributed by atoms with Crippen molar-refractivity contribution in [3.05, 3.63) is 35.1 Å². The second-order valence-corrected chi connectivity index (χ2v) is 5.48. The zero-order valence-electron chi connectivity index (χ0n) is 11.5. The Balaban J connectivity index is 2.07. The van der Waals surface area contributed by atoms with Gasteiger partial charge in [-0.3, -0.25) is 0 Å². The quantitative estimate of drug-likeness (QED) is 0.836. The molecule has 1 atom stereocenters. The average Bonchev–Trinajstić information content (AvgIpc) is 2.85. The third-order valence-electron chi connectivity index (χ3n) is 4.18. The van der Waals surface area contributed by atoms with Crippen LogP contribution in [0.2, 0.25) is 0 Å². The third-order valence-corrected chi connectivity index (χ3v) is 4.18. The van der Waals surface area contributed by atoms with E-state index in [2.05, 4.69) is 12.2 Å². The average molecular weight is 249 g/mol.